The molecule has 0 heterocycles. The van der Waals surface area contributed by atoms with Gasteiger partial charge in [-0.3, -0.25) is 0 Å². The summed E-state index contributed by atoms with van der Waals surface area (Å²) < 4.78 is 9.82. The van der Waals surface area contributed by atoms with E-state index in [-0.39, 0.29) is 0 Å². The van der Waals surface area contributed by atoms with Crippen LogP contribution in [0.3, 0.4) is 0 Å². The van der Waals surface area contributed by atoms with Crippen LogP contribution >= 0.6 is 11.8 Å². The maximum Gasteiger partial charge on any atom is 0.339 e. The van der Waals surface area contributed by atoms with Crippen LogP contribution in [0, 0.1) is 0 Å². The van der Waals surface area contributed by atoms with E-state index < -0.39 is 12.1 Å². The molecule has 1 aromatic rings. The molecule has 18 heavy (non-hydrogen) atoms. The zero-order chi connectivity index (χ0) is 13.7. The van der Waals surface area contributed by atoms with Crippen LogP contribution < -0.4 is 4.74 Å². The highest BCUT2D eigenvalue weighted by atomic mass is 32.2. The first-order valence-corrected chi connectivity index (χ1v) is 6.82. The molecule has 1 aromatic carbocycles. The second kappa shape index (κ2) is 6.66. The number of hydrogen-bond acceptors (Lipinski definition) is 5. The first-order valence-electron chi connectivity index (χ1n) is 5.59. The molecule has 0 aliphatic rings. The van der Waals surface area contributed by atoms with Crippen molar-refractivity contribution in [3.63, 3.8) is 0 Å². The number of aryl methyl sites for hydroxylation is 1. The van der Waals surface area contributed by atoms with Gasteiger partial charge in [-0.25, -0.2) is 4.79 Å². The Kier molecular flexibility index (Phi) is 5.50. The lowest BCUT2D eigenvalue weighted by atomic mass is 10.0. The Morgan fingerprint density at radius 1 is 1.44 bits per heavy atom. The molecule has 0 saturated heterocycles. The van der Waals surface area contributed by atoms with Crippen molar-refractivity contribution in [2.45, 2.75) is 24.3 Å². The van der Waals surface area contributed by atoms with Crippen LogP contribution in [0.5, 0.6) is 5.75 Å². The highest BCUT2D eigenvalue weighted by Gasteiger charge is 2.22. The van der Waals surface area contributed by atoms with Gasteiger partial charge in [0.25, 0.3) is 0 Å². The molecule has 0 radical (unpaired) electrons. The Labute approximate surface area is 111 Å². The van der Waals surface area contributed by atoms with Gasteiger partial charge in [0.15, 0.2) is 6.10 Å². The van der Waals surface area contributed by atoms with E-state index in [1.165, 1.54) is 18.9 Å². The smallest absolute Gasteiger partial charge is 0.339 e. The zero-order valence-electron chi connectivity index (χ0n) is 11.0. The number of ether oxygens (including phenoxy) is 2. The Balaban J connectivity index is 3.29. The summed E-state index contributed by atoms with van der Waals surface area (Å²) in [5.74, 6) is 0.00449. The molecule has 0 aliphatic heterocycles. The van der Waals surface area contributed by atoms with Gasteiger partial charge in [0.2, 0.25) is 0 Å². The molecule has 0 spiro atoms. The van der Waals surface area contributed by atoms with Crippen LogP contribution in [0.25, 0.3) is 0 Å². The molecule has 4 nitrogen and oxygen atoms in total. The van der Waals surface area contributed by atoms with Crippen molar-refractivity contribution in [2.24, 2.45) is 0 Å². The highest BCUT2D eigenvalue weighted by molar-refractivity contribution is 7.98. The summed E-state index contributed by atoms with van der Waals surface area (Å²) >= 11 is 1.48. The summed E-state index contributed by atoms with van der Waals surface area (Å²) in [6.07, 6.45) is 1.44. The number of benzene rings is 1. The lowest BCUT2D eigenvalue weighted by molar-refractivity contribution is -0.150. The summed E-state index contributed by atoms with van der Waals surface area (Å²) in [5, 5.41) is 9.94. The number of thioether (sulfide) groups is 1. The molecule has 0 aromatic heterocycles. The van der Waals surface area contributed by atoms with Crippen LogP contribution in [0.2, 0.25) is 0 Å². The van der Waals surface area contributed by atoms with E-state index in [1.807, 2.05) is 19.2 Å². The van der Waals surface area contributed by atoms with Gasteiger partial charge < -0.3 is 14.6 Å². The molecule has 0 amide bonds. The third-order valence-electron chi connectivity index (χ3n) is 2.73. The molecule has 1 N–H and O–H groups in total. The predicted octanol–water partition coefficient (Wildman–Crippen LogP) is 2.19. The second-order valence-corrected chi connectivity index (χ2v) is 4.53. The third kappa shape index (κ3) is 2.97. The molecule has 1 rings (SSSR count). The van der Waals surface area contributed by atoms with Crippen molar-refractivity contribution in [3.8, 4) is 5.75 Å². The van der Waals surface area contributed by atoms with Crippen LogP contribution in [-0.4, -0.2) is 31.6 Å². The number of esters is 1. The monoisotopic (exact) mass is 270 g/mol. The molecule has 0 aliphatic carbocycles. The molecule has 5 heteroatoms. The Morgan fingerprint density at radius 3 is 2.56 bits per heavy atom. The Bertz CT molecular complexity index is 431. The van der Waals surface area contributed by atoms with E-state index in [9.17, 15) is 9.90 Å². The lowest BCUT2D eigenvalue weighted by Gasteiger charge is -2.16. The quantitative estimate of drug-likeness (QED) is 0.656. The minimum absolute atomic E-state index is 0.517. The van der Waals surface area contributed by atoms with Crippen LogP contribution in [0.15, 0.2) is 17.0 Å². The minimum Gasteiger partial charge on any atom is -0.496 e. The van der Waals surface area contributed by atoms with Gasteiger partial charge in [-0.1, -0.05) is 6.92 Å². The van der Waals surface area contributed by atoms with Crippen molar-refractivity contribution in [1.82, 2.24) is 0 Å². The van der Waals surface area contributed by atoms with Gasteiger partial charge in [-0.05, 0) is 30.4 Å². The maximum absolute atomic E-state index is 11.4. The van der Waals surface area contributed by atoms with Crippen LogP contribution in [0.4, 0.5) is 0 Å². The first kappa shape index (κ1) is 14.9. The maximum atomic E-state index is 11.4. The Morgan fingerprint density at radius 2 is 2.11 bits per heavy atom. The molecule has 0 fully saturated rings. The normalized spacial score (nSPS) is 12.1. The van der Waals surface area contributed by atoms with E-state index in [0.29, 0.717) is 11.3 Å². The summed E-state index contributed by atoms with van der Waals surface area (Å²) in [5.41, 5.74) is 1.56. The fourth-order valence-corrected chi connectivity index (χ4v) is 2.38. The summed E-state index contributed by atoms with van der Waals surface area (Å²) in [6.45, 7) is 2.03. The zero-order valence-corrected chi connectivity index (χ0v) is 11.8. The molecule has 0 bridgehead atoms. The number of aliphatic hydroxyl groups is 1. The van der Waals surface area contributed by atoms with E-state index >= 15 is 0 Å². The number of carbonyl (C=O) groups is 1. The SMILES string of the molecule is CCc1cc(SC)c(C(O)C(=O)OC)cc1OC. The highest BCUT2D eigenvalue weighted by Crippen LogP contribution is 2.33. The van der Waals surface area contributed by atoms with Gasteiger partial charge in [0.05, 0.1) is 14.2 Å². The largest absolute Gasteiger partial charge is 0.496 e. The molecule has 1 atom stereocenters. The molecular weight excluding hydrogens is 252 g/mol. The van der Waals surface area contributed by atoms with Gasteiger partial charge in [0.1, 0.15) is 5.75 Å². The van der Waals surface area contributed by atoms with Gasteiger partial charge >= 0.3 is 5.97 Å². The predicted molar refractivity (Wildman–Crippen MR) is 71.1 cm³/mol. The molecule has 1 unspecified atom stereocenters. The van der Waals surface area contributed by atoms with E-state index in [4.69, 9.17) is 4.74 Å². The van der Waals surface area contributed by atoms with Crippen molar-refractivity contribution in [1.29, 1.82) is 0 Å². The lowest BCUT2D eigenvalue weighted by Crippen LogP contribution is -2.14. The fraction of sp³-hybridized carbons (Fsp3) is 0.462. The van der Waals surface area contributed by atoms with Crippen molar-refractivity contribution in [3.05, 3.63) is 23.3 Å². The van der Waals surface area contributed by atoms with Gasteiger partial charge in [-0.15, -0.1) is 11.8 Å². The number of carbonyl (C=O) groups excluding carboxylic acids is 1. The third-order valence-corrected chi connectivity index (χ3v) is 3.53. The van der Waals surface area contributed by atoms with Gasteiger partial charge in [-0.2, -0.15) is 0 Å². The first-order chi connectivity index (χ1) is 8.58. The average Bonchev–Trinajstić information content (AvgIpc) is 2.43. The van der Waals surface area contributed by atoms with E-state index in [2.05, 4.69) is 4.74 Å². The number of rotatable bonds is 5. The Hall–Kier alpha value is -1.20. The summed E-state index contributed by atoms with van der Waals surface area (Å²) in [4.78, 5) is 12.3. The fourth-order valence-electron chi connectivity index (χ4n) is 1.71. The van der Waals surface area contributed by atoms with Crippen molar-refractivity contribution >= 4 is 17.7 Å². The van der Waals surface area contributed by atoms with E-state index in [0.717, 1.165) is 16.9 Å². The van der Waals surface area contributed by atoms with Crippen LogP contribution in [-0.2, 0) is 16.0 Å². The minimum atomic E-state index is -1.28. The van der Waals surface area contributed by atoms with Gasteiger partial charge in [0, 0.05) is 10.5 Å². The van der Waals surface area contributed by atoms with Crippen molar-refractivity contribution in [2.75, 3.05) is 20.5 Å². The molecule has 0 saturated carbocycles. The number of aliphatic hydroxyl groups excluding tert-OH is 1. The molecule has 100 valence electrons. The summed E-state index contributed by atoms with van der Waals surface area (Å²) in [6, 6.07) is 3.64. The topological polar surface area (TPSA) is 55.8 Å². The number of methoxy groups -OCH3 is 2. The second-order valence-electron chi connectivity index (χ2n) is 3.69. The average molecular weight is 270 g/mol. The standard InChI is InChI=1S/C13H18O4S/c1-5-8-6-11(18-4)9(7-10(8)16-2)12(14)13(15)17-3/h6-7,12,14H,5H2,1-4H3. The molecular formula is C13H18O4S. The van der Waals surface area contributed by atoms with Crippen LogP contribution in [0.1, 0.15) is 24.2 Å². The summed E-state index contributed by atoms with van der Waals surface area (Å²) in [7, 11) is 2.82. The number of hydrogen-bond donors (Lipinski definition) is 1. The van der Waals surface area contributed by atoms with Crippen molar-refractivity contribution < 1.29 is 19.4 Å². The van der Waals surface area contributed by atoms with E-state index in [1.54, 1.807) is 13.2 Å².